The number of carbonyl (C=O) groups is 1. The minimum Gasteiger partial charge on any atom is -0.327 e. The van der Waals surface area contributed by atoms with Crippen molar-refractivity contribution in [1.29, 1.82) is 0 Å². The average molecular weight is 188 g/mol. The first-order valence-electron chi connectivity index (χ1n) is 4.33. The molecule has 1 rings (SSSR count). The second-order valence-electron chi connectivity index (χ2n) is 2.86. The predicted molar refractivity (Wildman–Crippen MR) is 55.0 cm³/mol. The number of hydrogen-bond donors (Lipinski definition) is 0. The maximum absolute atomic E-state index is 10.6. The molecular weight excluding hydrogens is 176 g/mol. The molecule has 0 aliphatic rings. The number of imidazole rings is 1. The lowest BCUT2D eigenvalue weighted by atomic mass is 10.2. The van der Waals surface area contributed by atoms with Crippen LogP contribution in [0.15, 0.2) is 12.2 Å². The highest BCUT2D eigenvalue weighted by molar-refractivity contribution is 5.70. The molecule has 0 amide bonds. The van der Waals surface area contributed by atoms with Gasteiger partial charge in [0.25, 0.3) is 0 Å². The van der Waals surface area contributed by atoms with Gasteiger partial charge in [0.2, 0.25) is 0 Å². The molecule has 1 heterocycles. The molecule has 1 aromatic heterocycles. The quantitative estimate of drug-likeness (QED) is 0.407. The van der Waals surface area contributed by atoms with Crippen LogP contribution in [-0.2, 0) is 13.5 Å². The van der Waals surface area contributed by atoms with E-state index in [4.69, 9.17) is 6.42 Å². The minimum absolute atomic E-state index is 0.373. The Morgan fingerprint density at radius 1 is 1.64 bits per heavy atom. The second-order valence-corrected chi connectivity index (χ2v) is 2.86. The van der Waals surface area contributed by atoms with E-state index in [-0.39, 0.29) is 0 Å². The highest BCUT2D eigenvalue weighted by Crippen LogP contribution is 2.09. The highest BCUT2D eigenvalue weighted by atomic mass is 16.1. The second kappa shape index (κ2) is 4.43. The van der Waals surface area contributed by atoms with Gasteiger partial charge in [-0.25, -0.2) is 4.98 Å². The van der Waals surface area contributed by atoms with E-state index < -0.39 is 0 Å². The van der Waals surface area contributed by atoms with Gasteiger partial charge in [0.15, 0.2) is 12.1 Å². The number of hydrogen-bond acceptors (Lipinski definition) is 2. The standard InChI is InChI=1S/C11H12N2O/c1-4-6-7-10-9(5-2)12-11(8-14)13(10)3/h2,4,6,8H,7H2,1,3H3/b6-4-. The molecule has 0 spiro atoms. The molecular formula is C11H12N2O. The van der Waals surface area contributed by atoms with Crippen molar-refractivity contribution in [2.45, 2.75) is 13.3 Å². The van der Waals surface area contributed by atoms with Crippen molar-refractivity contribution in [3.8, 4) is 12.3 Å². The van der Waals surface area contributed by atoms with Gasteiger partial charge in [-0.05, 0) is 12.8 Å². The van der Waals surface area contributed by atoms with Gasteiger partial charge in [-0.15, -0.1) is 6.42 Å². The van der Waals surface area contributed by atoms with Gasteiger partial charge in [-0.2, -0.15) is 0 Å². The van der Waals surface area contributed by atoms with E-state index in [1.54, 1.807) is 11.6 Å². The van der Waals surface area contributed by atoms with Crippen LogP contribution in [0, 0.1) is 12.3 Å². The number of nitrogens with zero attached hydrogens (tertiary/aromatic N) is 2. The molecule has 0 N–H and O–H groups in total. The Kier molecular flexibility index (Phi) is 3.24. The van der Waals surface area contributed by atoms with E-state index in [0.29, 0.717) is 24.2 Å². The van der Waals surface area contributed by atoms with Crippen molar-refractivity contribution < 1.29 is 4.79 Å². The summed E-state index contributed by atoms with van der Waals surface area (Å²) < 4.78 is 1.72. The summed E-state index contributed by atoms with van der Waals surface area (Å²) in [7, 11) is 1.79. The molecule has 0 bridgehead atoms. The third kappa shape index (κ3) is 1.74. The largest absolute Gasteiger partial charge is 0.327 e. The summed E-state index contributed by atoms with van der Waals surface area (Å²) in [5.74, 6) is 2.85. The van der Waals surface area contributed by atoms with Crippen molar-refractivity contribution in [2.24, 2.45) is 7.05 Å². The number of aromatic nitrogens is 2. The van der Waals surface area contributed by atoms with E-state index in [0.717, 1.165) is 5.69 Å². The van der Waals surface area contributed by atoms with Crippen LogP contribution in [0.5, 0.6) is 0 Å². The third-order valence-corrected chi connectivity index (χ3v) is 2.04. The molecule has 0 aliphatic carbocycles. The first-order chi connectivity index (χ1) is 6.74. The molecule has 0 atom stereocenters. The van der Waals surface area contributed by atoms with E-state index in [1.165, 1.54) is 0 Å². The van der Waals surface area contributed by atoms with Gasteiger partial charge in [-0.3, -0.25) is 4.79 Å². The van der Waals surface area contributed by atoms with E-state index in [1.807, 2.05) is 19.1 Å². The van der Waals surface area contributed by atoms with Crippen molar-refractivity contribution in [2.75, 3.05) is 0 Å². The predicted octanol–water partition coefficient (Wildman–Crippen LogP) is 1.33. The first kappa shape index (κ1) is 10.3. The summed E-state index contributed by atoms with van der Waals surface area (Å²) >= 11 is 0. The monoisotopic (exact) mass is 188 g/mol. The lowest BCUT2D eigenvalue weighted by molar-refractivity contribution is 0.111. The summed E-state index contributed by atoms with van der Waals surface area (Å²) in [4.78, 5) is 14.6. The fourth-order valence-corrected chi connectivity index (χ4v) is 1.24. The SMILES string of the molecule is C#Cc1nc(C=O)n(C)c1C/C=C\C. The van der Waals surface area contributed by atoms with Gasteiger partial charge in [-0.1, -0.05) is 12.2 Å². The summed E-state index contributed by atoms with van der Waals surface area (Å²) in [5, 5.41) is 0. The fourth-order valence-electron chi connectivity index (χ4n) is 1.24. The van der Waals surface area contributed by atoms with Crippen LogP contribution >= 0.6 is 0 Å². The van der Waals surface area contributed by atoms with Gasteiger partial charge < -0.3 is 4.57 Å². The average Bonchev–Trinajstić information content (AvgIpc) is 2.52. The van der Waals surface area contributed by atoms with Gasteiger partial charge in [0.1, 0.15) is 5.69 Å². The molecule has 1 aromatic rings. The Labute approximate surface area is 83.5 Å². The van der Waals surface area contributed by atoms with Gasteiger partial charge in [0.05, 0.1) is 5.69 Å². The van der Waals surface area contributed by atoms with Crippen molar-refractivity contribution in [3.05, 3.63) is 29.4 Å². The number of carbonyl (C=O) groups excluding carboxylic acids is 1. The zero-order valence-electron chi connectivity index (χ0n) is 8.32. The molecule has 3 nitrogen and oxygen atoms in total. The molecule has 0 aliphatic heterocycles. The smallest absolute Gasteiger partial charge is 0.185 e. The molecule has 0 saturated heterocycles. The van der Waals surface area contributed by atoms with Crippen LogP contribution in [0.1, 0.15) is 28.9 Å². The third-order valence-electron chi connectivity index (χ3n) is 2.04. The molecule has 0 fully saturated rings. The molecule has 14 heavy (non-hydrogen) atoms. The molecule has 0 unspecified atom stereocenters. The molecule has 72 valence electrons. The van der Waals surface area contributed by atoms with Crippen LogP contribution in [-0.4, -0.2) is 15.8 Å². The Morgan fingerprint density at radius 2 is 2.36 bits per heavy atom. The van der Waals surface area contributed by atoms with Crippen molar-refractivity contribution in [3.63, 3.8) is 0 Å². The zero-order valence-corrected chi connectivity index (χ0v) is 8.32. The topological polar surface area (TPSA) is 34.9 Å². The molecule has 3 heteroatoms. The summed E-state index contributed by atoms with van der Waals surface area (Å²) in [6.45, 7) is 1.94. The summed E-state index contributed by atoms with van der Waals surface area (Å²) in [6.07, 6.45) is 10.6. The molecule has 0 radical (unpaired) electrons. The van der Waals surface area contributed by atoms with Crippen molar-refractivity contribution >= 4 is 6.29 Å². The maximum Gasteiger partial charge on any atom is 0.185 e. The zero-order chi connectivity index (χ0) is 10.6. The lowest BCUT2D eigenvalue weighted by Gasteiger charge is -1.99. The molecule has 0 aromatic carbocycles. The maximum atomic E-state index is 10.6. The summed E-state index contributed by atoms with van der Waals surface area (Å²) in [5.41, 5.74) is 1.44. The Morgan fingerprint density at radius 3 is 2.86 bits per heavy atom. The van der Waals surface area contributed by atoms with E-state index in [9.17, 15) is 4.79 Å². The van der Waals surface area contributed by atoms with Crippen LogP contribution in [0.2, 0.25) is 0 Å². The van der Waals surface area contributed by atoms with Crippen LogP contribution in [0.4, 0.5) is 0 Å². The van der Waals surface area contributed by atoms with E-state index in [2.05, 4.69) is 10.9 Å². The first-order valence-corrected chi connectivity index (χ1v) is 4.33. The van der Waals surface area contributed by atoms with Crippen LogP contribution in [0.25, 0.3) is 0 Å². The van der Waals surface area contributed by atoms with Crippen LogP contribution < -0.4 is 0 Å². The van der Waals surface area contributed by atoms with Crippen LogP contribution in [0.3, 0.4) is 0 Å². The number of aldehydes is 1. The molecule has 0 saturated carbocycles. The Bertz CT molecular complexity index is 408. The van der Waals surface area contributed by atoms with E-state index >= 15 is 0 Å². The normalized spacial score (nSPS) is 10.4. The van der Waals surface area contributed by atoms with Gasteiger partial charge in [0, 0.05) is 13.5 Å². The number of terminal acetylenes is 1. The highest BCUT2D eigenvalue weighted by Gasteiger charge is 2.10. The van der Waals surface area contributed by atoms with Crippen molar-refractivity contribution in [1.82, 2.24) is 9.55 Å². The number of allylic oxidation sites excluding steroid dienone is 2. The fraction of sp³-hybridized carbons (Fsp3) is 0.273. The number of rotatable bonds is 3. The lowest BCUT2D eigenvalue weighted by Crippen LogP contribution is -2.00. The van der Waals surface area contributed by atoms with Gasteiger partial charge >= 0.3 is 0 Å². The summed E-state index contributed by atoms with van der Waals surface area (Å²) in [6, 6.07) is 0. The Hall–Kier alpha value is -1.82. The Balaban J connectivity index is 3.18. The minimum atomic E-state index is 0.373.